The Labute approximate surface area is 126 Å². The normalized spacial score (nSPS) is 18.1. The van der Waals surface area contributed by atoms with Crippen LogP contribution in [0.1, 0.15) is 5.56 Å². The molecule has 1 aromatic carbocycles. The minimum absolute atomic E-state index is 0.454. The van der Waals surface area contributed by atoms with Crippen molar-refractivity contribution in [1.29, 1.82) is 0 Å². The van der Waals surface area contributed by atoms with Gasteiger partial charge in [0, 0.05) is 0 Å². The average molecular weight is 404 g/mol. The molecule has 0 aliphatic carbocycles. The first-order chi connectivity index (χ1) is 9.31. The van der Waals surface area contributed by atoms with Gasteiger partial charge in [0.15, 0.2) is 0 Å². The van der Waals surface area contributed by atoms with Gasteiger partial charge in [0.1, 0.15) is 0 Å². The molecule has 0 amide bonds. The van der Waals surface area contributed by atoms with E-state index in [4.69, 9.17) is 4.74 Å². The van der Waals surface area contributed by atoms with Crippen molar-refractivity contribution in [2.75, 3.05) is 26.3 Å². The molecule has 1 saturated heterocycles. The summed E-state index contributed by atoms with van der Waals surface area (Å²) in [5.41, 5.74) is 0.988. The molecule has 0 unspecified atom stereocenters. The Morgan fingerprint density at radius 1 is 1.15 bits per heavy atom. The van der Waals surface area contributed by atoms with Gasteiger partial charge in [-0.05, 0) is 0 Å². The first-order valence-corrected chi connectivity index (χ1v) is 19.0. The summed E-state index contributed by atoms with van der Waals surface area (Å²) in [5, 5.41) is 0. The van der Waals surface area contributed by atoms with Gasteiger partial charge in [-0.15, -0.1) is 0 Å². The van der Waals surface area contributed by atoms with E-state index in [9.17, 15) is 8.42 Å². The molecule has 0 atom stereocenters. The molecule has 1 heterocycles. The second-order valence-electron chi connectivity index (χ2n) is 6.36. The van der Waals surface area contributed by atoms with Crippen LogP contribution < -0.4 is 0 Å². The van der Waals surface area contributed by atoms with Crippen molar-refractivity contribution in [3.05, 3.63) is 29.8 Å². The molecule has 4 nitrogen and oxygen atoms in total. The zero-order chi connectivity index (χ0) is 14.8. The Kier molecular flexibility index (Phi) is 5.15. The molecule has 1 fully saturated rings. The molecule has 0 radical (unpaired) electrons. The van der Waals surface area contributed by atoms with Crippen molar-refractivity contribution in [3.63, 3.8) is 0 Å². The molecule has 0 aromatic heterocycles. The summed E-state index contributed by atoms with van der Waals surface area (Å²) < 4.78 is 33.3. The van der Waals surface area contributed by atoms with Crippen molar-refractivity contribution < 1.29 is 13.2 Å². The first kappa shape index (κ1) is 16.3. The van der Waals surface area contributed by atoms with E-state index >= 15 is 0 Å². The van der Waals surface area contributed by atoms with E-state index in [0.717, 1.165) is 10.0 Å². The molecule has 1 aromatic rings. The van der Waals surface area contributed by atoms with E-state index in [1.165, 1.54) is 0 Å². The molecule has 1 aliphatic rings. The van der Waals surface area contributed by atoms with E-state index in [2.05, 4.69) is 14.8 Å². The number of morpholine rings is 1. The van der Waals surface area contributed by atoms with Crippen molar-refractivity contribution in [1.82, 2.24) is 4.31 Å². The van der Waals surface area contributed by atoms with Gasteiger partial charge in [0.2, 0.25) is 0 Å². The van der Waals surface area contributed by atoms with Gasteiger partial charge in [-0.2, -0.15) is 0 Å². The zero-order valence-electron chi connectivity index (χ0n) is 12.4. The average Bonchev–Trinajstić information content (AvgIpc) is 2.38. The second kappa shape index (κ2) is 6.34. The summed E-state index contributed by atoms with van der Waals surface area (Å²) in [7, 11) is -3.38. The molecule has 0 bridgehead atoms. The van der Waals surface area contributed by atoms with Crippen LogP contribution in [0.4, 0.5) is 0 Å². The summed E-state index contributed by atoms with van der Waals surface area (Å²) in [6.45, 7) is 1.88. The van der Waals surface area contributed by atoms with Gasteiger partial charge >= 0.3 is 126 Å². The van der Waals surface area contributed by atoms with Crippen LogP contribution in [0.5, 0.6) is 0 Å². The van der Waals surface area contributed by atoms with Gasteiger partial charge in [0.05, 0.1) is 0 Å². The predicted octanol–water partition coefficient (Wildman–Crippen LogP) is 2.13. The maximum atomic E-state index is 12.8. The third-order valence-electron chi connectivity index (χ3n) is 3.28. The summed E-state index contributed by atoms with van der Waals surface area (Å²) in [6.07, 6.45) is 0. The van der Waals surface area contributed by atoms with Crippen molar-refractivity contribution in [2.24, 2.45) is 0 Å². The van der Waals surface area contributed by atoms with Crippen LogP contribution in [0.3, 0.4) is 0 Å². The molecule has 0 N–H and O–H groups in total. The summed E-state index contributed by atoms with van der Waals surface area (Å²) in [6, 6.07) is 7.47. The standard InChI is InChI=1S/C11H14NO3S.3CH3.Sn/c1-10-4-2-3-5-11(10)16(13,14)12-6-8-15-9-7-12;;;;/h2-5H,1,6-9H2;3*1H3;. The molecular formula is C14H23NO3SSn. The van der Waals surface area contributed by atoms with Crippen LogP contribution in [-0.4, -0.2) is 57.4 Å². The van der Waals surface area contributed by atoms with Gasteiger partial charge in [-0.25, -0.2) is 0 Å². The monoisotopic (exact) mass is 405 g/mol. The summed E-state index contributed by atoms with van der Waals surface area (Å²) in [5.74, 6) is 0. The van der Waals surface area contributed by atoms with Crippen molar-refractivity contribution >= 4 is 28.4 Å². The molecule has 6 heteroatoms. The Morgan fingerprint density at radius 3 is 2.35 bits per heavy atom. The predicted molar refractivity (Wildman–Crippen MR) is 83.1 cm³/mol. The fourth-order valence-corrected chi connectivity index (χ4v) is 8.54. The molecular weight excluding hydrogens is 381 g/mol. The third-order valence-corrected chi connectivity index (χ3v) is 9.39. The van der Waals surface area contributed by atoms with Gasteiger partial charge in [0.25, 0.3) is 0 Å². The Bertz CT molecular complexity index is 560. The Balaban J connectivity index is 2.36. The molecule has 0 spiro atoms. The molecule has 1 aliphatic heterocycles. The van der Waals surface area contributed by atoms with Gasteiger partial charge < -0.3 is 0 Å². The van der Waals surface area contributed by atoms with Crippen LogP contribution in [0.25, 0.3) is 0 Å². The second-order valence-corrected chi connectivity index (χ2v) is 23.9. The minimum atomic E-state index is -3.38. The van der Waals surface area contributed by atoms with Crippen LogP contribution in [-0.2, 0) is 19.2 Å². The van der Waals surface area contributed by atoms with E-state index in [1.807, 2.05) is 18.2 Å². The van der Waals surface area contributed by atoms with Gasteiger partial charge in [-0.1, -0.05) is 0 Å². The first-order valence-electron chi connectivity index (χ1n) is 6.96. The number of ether oxygens (including phenoxy) is 1. The zero-order valence-corrected chi connectivity index (χ0v) is 16.1. The fourth-order valence-electron chi connectivity index (χ4n) is 2.40. The number of sulfonamides is 1. The van der Waals surface area contributed by atoms with E-state index in [-0.39, 0.29) is 0 Å². The van der Waals surface area contributed by atoms with Crippen LogP contribution in [0.15, 0.2) is 29.2 Å². The van der Waals surface area contributed by atoms with Crippen molar-refractivity contribution in [3.8, 4) is 0 Å². The molecule has 20 heavy (non-hydrogen) atoms. The van der Waals surface area contributed by atoms with Gasteiger partial charge in [-0.3, -0.25) is 0 Å². The quantitative estimate of drug-likeness (QED) is 0.723. The third kappa shape index (κ3) is 3.96. The molecule has 0 saturated carbocycles. The number of rotatable bonds is 4. The number of hydrogen-bond acceptors (Lipinski definition) is 3. The topological polar surface area (TPSA) is 46.6 Å². The number of nitrogens with zero attached hydrogens (tertiary/aromatic N) is 1. The molecule has 112 valence electrons. The van der Waals surface area contributed by atoms with E-state index in [1.54, 1.807) is 10.4 Å². The van der Waals surface area contributed by atoms with Crippen LogP contribution in [0, 0.1) is 0 Å². The van der Waals surface area contributed by atoms with Crippen LogP contribution in [0.2, 0.25) is 14.8 Å². The summed E-state index contributed by atoms with van der Waals surface area (Å²) >= 11 is -2.09. The molecule has 2 rings (SSSR count). The Hall–Kier alpha value is -0.111. The number of hydrogen-bond donors (Lipinski definition) is 0. The van der Waals surface area contributed by atoms with Crippen molar-refractivity contribution in [2.45, 2.75) is 24.2 Å². The van der Waals surface area contributed by atoms with E-state index in [0.29, 0.717) is 31.2 Å². The maximum absolute atomic E-state index is 12.8. The summed E-state index contributed by atoms with van der Waals surface area (Å²) in [4.78, 5) is 7.47. The number of benzene rings is 1. The van der Waals surface area contributed by atoms with Crippen LogP contribution >= 0.6 is 0 Å². The van der Waals surface area contributed by atoms with E-state index < -0.39 is 28.4 Å². The fraction of sp³-hybridized carbons (Fsp3) is 0.571. The Morgan fingerprint density at radius 2 is 1.75 bits per heavy atom. The SMILES string of the molecule is [CH3][Sn]([CH3])([CH3])[CH2]c1ccccc1S(=O)(=O)N1CCOCC1.